The zero-order valence-electron chi connectivity index (χ0n) is 11.8. The highest BCUT2D eigenvalue weighted by Crippen LogP contribution is 2.23. The largest absolute Gasteiger partial charge is 0.311 e. The van der Waals surface area contributed by atoms with Crippen LogP contribution in [0.2, 0.25) is 0 Å². The van der Waals surface area contributed by atoms with E-state index in [-0.39, 0.29) is 0 Å². The van der Waals surface area contributed by atoms with Crippen molar-refractivity contribution in [3.05, 3.63) is 30.1 Å². The summed E-state index contributed by atoms with van der Waals surface area (Å²) in [6.07, 6.45) is 6.37. The average molecular weight is 247 g/mol. The Bertz CT molecular complexity index is 350. The molecule has 0 bridgehead atoms. The number of piperidine rings is 1. The lowest BCUT2D eigenvalue weighted by molar-refractivity contribution is 0.142. The van der Waals surface area contributed by atoms with Gasteiger partial charge in [0.2, 0.25) is 0 Å². The van der Waals surface area contributed by atoms with Crippen LogP contribution < -0.4 is 5.32 Å². The van der Waals surface area contributed by atoms with Crippen LogP contribution in [0.3, 0.4) is 0 Å². The smallest absolute Gasteiger partial charge is 0.0321 e. The lowest BCUT2D eigenvalue weighted by Gasteiger charge is -2.38. The van der Waals surface area contributed by atoms with Gasteiger partial charge >= 0.3 is 0 Å². The molecule has 2 unspecified atom stereocenters. The molecule has 1 aliphatic rings. The molecule has 1 N–H and O–H groups in total. The average Bonchev–Trinajstić information content (AvgIpc) is 2.38. The first kappa shape index (κ1) is 13.5. The minimum Gasteiger partial charge on any atom is -0.311 e. The maximum Gasteiger partial charge on any atom is 0.0321 e. The van der Waals surface area contributed by atoms with E-state index in [9.17, 15) is 0 Å². The Morgan fingerprint density at radius 2 is 2.00 bits per heavy atom. The van der Waals surface area contributed by atoms with E-state index in [0.29, 0.717) is 18.1 Å². The van der Waals surface area contributed by atoms with E-state index in [1.807, 2.05) is 12.4 Å². The molecule has 0 spiro atoms. The molecule has 2 atom stereocenters. The molecule has 1 aliphatic heterocycles. The van der Waals surface area contributed by atoms with Gasteiger partial charge in [-0.2, -0.15) is 0 Å². The molecular weight excluding hydrogens is 222 g/mol. The van der Waals surface area contributed by atoms with Crippen molar-refractivity contribution in [1.29, 1.82) is 0 Å². The van der Waals surface area contributed by atoms with Crippen molar-refractivity contribution in [1.82, 2.24) is 15.2 Å². The van der Waals surface area contributed by atoms with E-state index in [0.717, 1.165) is 6.54 Å². The van der Waals surface area contributed by atoms with E-state index >= 15 is 0 Å². The Morgan fingerprint density at radius 1 is 1.28 bits per heavy atom. The molecule has 1 fully saturated rings. The third-order valence-corrected chi connectivity index (χ3v) is 3.76. The number of hydrogen-bond acceptors (Lipinski definition) is 3. The fourth-order valence-corrected chi connectivity index (χ4v) is 2.82. The van der Waals surface area contributed by atoms with E-state index in [4.69, 9.17) is 0 Å². The first-order valence-electron chi connectivity index (χ1n) is 7.07. The predicted molar refractivity (Wildman–Crippen MR) is 75.5 cm³/mol. The SMILES string of the molecule is CC(C)NC1CCCN(C(C)c2ccncc2)C1. The highest BCUT2D eigenvalue weighted by Gasteiger charge is 2.24. The van der Waals surface area contributed by atoms with Crippen LogP contribution in [0, 0.1) is 0 Å². The van der Waals surface area contributed by atoms with Crippen molar-refractivity contribution in [2.75, 3.05) is 13.1 Å². The van der Waals surface area contributed by atoms with Crippen LogP contribution in [-0.2, 0) is 0 Å². The minimum absolute atomic E-state index is 0.491. The van der Waals surface area contributed by atoms with Gasteiger partial charge in [0.05, 0.1) is 0 Å². The molecule has 0 amide bonds. The van der Waals surface area contributed by atoms with Gasteiger partial charge in [-0.1, -0.05) is 13.8 Å². The number of hydrogen-bond donors (Lipinski definition) is 1. The number of nitrogens with one attached hydrogen (secondary N) is 1. The number of aromatic nitrogens is 1. The van der Waals surface area contributed by atoms with Crippen LogP contribution in [0.5, 0.6) is 0 Å². The summed E-state index contributed by atoms with van der Waals surface area (Å²) in [5.74, 6) is 0. The zero-order chi connectivity index (χ0) is 13.0. The zero-order valence-corrected chi connectivity index (χ0v) is 11.8. The maximum absolute atomic E-state index is 4.10. The second kappa shape index (κ2) is 6.30. The van der Waals surface area contributed by atoms with Crippen LogP contribution in [-0.4, -0.2) is 35.1 Å². The van der Waals surface area contributed by atoms with Crippen molar-refractivity contribution in [2.24, 2.45) is 0 Å². The third-order valence-electron chi connectivity index (χ3n) is 3.76. The molecule has 3 nitrogen and oxygen atoms in total. The quantitative estimate of drug-likeness (QED) is 0.886. The van der Waals surface area contributed by atoms with Crippen molar-refractivity contribution < 1.29 is 0 Å². The molecular formula is C15H25N3. The molecule has 1 saturated heterocycles. The third kappa shape index (κ3) is 3.53. The number of nitrogens with zero attached hydrogens (tertiary/aromatic N) is 2. The molecule has 2 heterocycles. The molecule has 0 radical (unpaired) electrons. The summed E-state index contributed by atoms with van der Waals surface area (Å²) in [5, 5.41) is 3.66. The van der Waals surface area contributed by atoms with Gasteiger partial charge in [0.15, 0.2) is 0 Å². The van der Waals surface area contributed by atoms with Gasteiger partial charge < -0.3 is 5.32 Å². The Balaban J connectivity index is 1.96. The first-order chi connectivity index (χ1) is 8.66. The Hall–Kier alpha value is -0.930. The molecule has 0 aliphatic carbocycles. The summed E-state index contributed by atoms with van der Waals surface area (Å²) in [5.41, 5.74) is 1.37. The molecule has 18 heavy (non-hydrogen) atoms. The van der Waals surface area contributed by atoms with E-state index < -0.39 is 0 Å². The standard InChI is InChI=1S/C15H25N3/c1-12(2)17-15-5-4-10-18(11-15)13(3)14-6-8-16-9-7-14/h6-9,12-13,15,17H,4-5,10-11H2,1-3H3. The fraction of sp³-hybridized carbons (Fsp3) is 0.667. The molecule has 3 heteroatoms. The van der Waals surface area contributed by atoms with E-state index in [1.165, 1.54) is 24.9 Å². The molecule has 2 rings (SSSR count). The van der Waals surface area contributed by atoms with Crippen LogP contribution >= 0.6 is 0 Å². The van der Waals surface area contributed by atoms with E-state index in [1.54, 1.807) is 0 Å². The van der Waals surface area contributed by atoms with Crippen LogP contribution in [0.25, 0.3) is 0 Å². The summed E-state index contributed by atoms with van der Waals surface area (Å²) in [6.45, 7) is 9.12. The van der Waals surface area contributed by atoms with Crippen molar-refractivity contribution in [2.45, 2.75) is 51.7 Å². The lowest BCUT2D eigenvalue weighted by atomic mass is 10.0. The highest BCUT2D eigenvalue weighted by molar-refractivity contribution is 5.14. The van der Waals surface area contributed by atoms with Crippen molar-refractivity contribution in [3.8, 4) is 0 Å². The van der Waals surface area contributed by atoms with Gasteiger partial charge in [-0.3, -0.25) is 9.88 Å². The van der Waals surface area contributed by atoms with Gasteiger partial charge in [0.1, 0.15) is 0 Å². The minimum atomic E-state index is 0.491. The number of likely N-dealkylation sites (tertiary alicyclic amines) is 1. The van der Waals surface area contributed by atoms with E-state index in [2.05, 4.69) is 48.1 Å². The van der Waals surface area contributed by atoms with Crippen LogP contribution in [0.1, 0.15) is 45.2 Å². The molecule has 0 saturated carbocycles. The molecule has 1 aromatic heterocycles. The summed E-state index contributed by atoms with van der Waals surface area (Å²) >= 11 is 0. The monoisotopic (exact) mass is 247 g/mol. The molecule has 0 aromatic carbocycles. The van der Waals surface area contributed by atoms with Gasteiger partial charge in [0.25, 0.3) is 0 Å². The summed E-state index contributed by atoms with van der Waals surface area (Å²) < 4.78 is 0. The normalized spacial score (nSPS) is 23.2. The lowest BCUT2D eigenvalue weighted by Crippen LogP contribution is -2.48. The molecule has 100 valence electrons. The summed E-state index contributed by atoms with van der Waals surface area (Å²) in [4.78, 5) is 6.68. The highest BCUT2D eigenvalue weighted by atomic mass is 15.2. The fourth-order valence-electron chi connectivity index (χ4n) is 2.82. The Kier molecular flexibility index (Phi) is 4.72. The van der Waals surface area contributed by atoms with Crippen molar-refractivity contribution >= 4 is 0 Å². The van der Waals surface area contributed by atoms with Gasteiger partial charge in [0, 0.05) is 37.1 Å². The Labute approximate surface area is 111 Å². The predicted octanol–water partition coefficient (Wildman–Crippen LogP) is 2.61. The second-order valence-corrected chi connectivity index (χ2v) is 5.61. The van der Waals surface area contributed by atoms with Gasteiger partial charge in [-0.05, 0) is 44.0 Å². The molecule has 1 aromatic rings. The van der Waals surface area contributed by atoms with Gasteiger partial charge in [-0.25, -0.2) is 0 Å². The maximum atomic E-state index is 4.10. The topological polar surface area (TPSA) is 28.2 Å². The number of pyridine rings is 1. The van der Waals surface area contributed by atoms with Crippen LogP contribution in [0.15, 0.2) is 24.5 Å². The second-order valence-electron chi connectivity index (χ2n) is 5.61. The number of rotatable bonds is 4. The Morgan fingerprint density at radius 3 is 2.67 bits per heavy atom. The summed E-state index contributed by atoms with van der Waals surface area (Å²) in [7, 11) is 0. The van der Waals surface area contributed by atoms with Crippen LogP contribution in [0.4, 0.5) is 0 Å². The summed E-state index contributed by atoms with van der Waals surface area (Å²) in [6, 6.07) is 5.97. The van der Waals surface area contributed by atoms with Gasteiger partial charge in [-0.15, -0.1) is 0 Å². The van der Waals surface area contributed by atoms with Crippen molar-refractivity contribution in [3.63, 3.8) is 0 Å². The first-order valence-corrected chi connectivity index (χ1v) is 7.07.